The van der Waals surface area contributed by atoms with Crippen LogP contribution in [-0.4, -0.2) is 24.9 Å². The number of para-hydroxylation sites is 1. The summed E-state index contributed by atoms with van der Waals surface area (Å²) in [6, 6.07) is 17.9. The van der Waals surface area contributed by atoms with Crippen LogP contribution in [0.15, 0.2) is 91.5 Å². The van der Waals surface area contributed by atoms with E-state index in [0.717, 1.165) is 29.0 Å². The fourth-order valence-electron chi connectivity index (χ4n) is 3.84. The van der Waals surface area contributed by atoms with Crippen LogP contribution in [0, 0.1) is 0 Å². The molecular formula is C29H17ClF6N6OS. The van der Waals surface area contributed by atoms with Crippen molar-refractivity contribution in [2.75, 3.05) is 5.73 Å². The average Bonchev–Trinajstić information content (AvgIpc) is 3.38. The molecule has 0 saturated carbocycles. The van der Waals surface area contributed by atoms with Gasteiger partial charge in [0.15, 0.2) is 10.9 Å². The van der Waals surface area contributed by atoms with Crippen molar-refractivity contribution in [3.63, 3.8) is 0 Å². The Morgan fingerprint density at radius 1 is 0.682 bits per heavy atom. The van der Waals surface area contributed by atoms with Crippen LogP contribution >= 0.6 is 22.9 Å². The third-order valence-corrected chi connectivity index (χ3v) is 6.96. The van der Waals surface area contributed by atoms with Crippen molar-refractivity contribution in [2.24, 2.45) is 0 Å². The minimum Gasteiger partial charge on any atom is -0.437 e. The van der Waals surface area contributed by atoms with Crippen molar-refractivity contribution in [1.29, 1.82) is 0 Å². The summed E-state index contributed by atoms with van der Waals surface area (Å²) >= 11 is 7.01. The molecule has 0 unspecified atom stereocenters. The number of anilines is 1. The first-order valence-electron chi connectivity index (χ1n) is 12.3. The molecule has 3 aromatic carbocycles. The van der Waals surface area contributed by atoms with E-state index in [1.54, 1.807) is 12.1 Å². The predicted molar refractivity (Wildman–Crippen MR) is 154 cm³/mol. The number of aromatic nitrogens is 5. The number of halogens is 7. The second kappa shape index (κ2) is 12.4. The molecule has 0 amide bonds. The Kier molecular flexibility index (Phi) is 8.65. The van der Waals surface area contributed by atoms with Crippen LogP contribution in [0.2, 0.25) is 5.15 Å². The minimum atomic E-state index is -4.38. The fourth-order valence-corrected chi connectivity index (χ4v) is 4.74. The summed E-state index contributed by atoms with van der Waals surface area (Å²) < 4.78 is 81.8. The molecule has 0 spiro atoms. The highest BCUT2D eigenvalue weighted by atomic mass is 35.5. The number of thiazole rings is 1. The van der Waals surface area contributed by atoms with Crippen LogP contribution in [-0.2, 0) is 12.4 Å². The topological polar surface area (TPSA) is 99.7 Å². The second-order valence-corrected chi connectivity index (χ2v) is 10.3. The Morgan fingerprint density at radius 3 is 1.77 bits per heavy atom. The Labute approximate surface area is 254 Å². The van der Waals surface area contributed by atoms with Gasteiger partial charge in [0, 0.05) is 23.3 Å². The van der Waals surface area contributed by atoms with Crippen molar-refractivity contribution < 1.29 is 31.1 Å². The van der Waals surface area contributed by atoms with Crippen LogP contribution in [0.25, 0.3) is 32.7 Å². The molecule has 7 nitrogen and oxygen atoms in total. The number of benzene rings is 3. The van der Waals surface area contributed by atoms with Gasteiger partial charge in [0.1, 0.15) is 23.3 Å². The number of nitrogens with two attached hydrogens (primary N) is 1. The van der Waals surface area contributed by atoms with Crippen LogP contribution in [0.3, 0.4) is 0 Å². The first-order chi connectivity index (χ1) is 20.9. The number of nitrogen functional groups attached to an aromatic ring is 1. The maximum atomic E-state index is 12.7. The number of nitrogens with zero attached hydrogens (tertiary/aromatic N) is 5. The molecule has 0 atom stereocenters. The molecule has 0 fully saturated rings. The molecule has 44 heavy (non-hydrogen) atoms. The van der Waals surface area contributed by atoms with Crippen LogP contribution < -0.4 is 10.5 Å². The molecule has 224 valence electrons. The lowest BCUT2D eigenvalue weighted by Crippen LogP contribution is -2.04. The van der Waals surface area contributed by atoms with E-state index >= 15 is 0 Å². The lowest BCUT2D eigenvalue weighted by Gasteiger charge is -2.09. The van der Waals surface area contributed by atoms with Gasteiger partial charge < -0.3 is 10.5 Å². The highest BCUT2D eigenvalue weighted by Gasteiger charge is 2.30. The molecular weight excluding hydrogens is 630 g/mol. The first-order valence-corrected chi connectivity index (χ1v) is 13.5. The number of rotatable bonds is 4. The summed E-state index contributed by atoms with van der Waals surface area (Å²) in [6.45, 7) is 0. The Morgan fingerprint density at radius 2 is 1.23 bits per heavy atom. The number of hydrogen-bond acceptors (Lipinski definition) is 8. The van der Waals surface area contributed by atoms with Gasteiger partial charge in [-0.1, -0.05) is 53.3 Å². The van der Waals surface area contributed by atoms with Crippen molar-refractivity contribution >= 4 is 38.3 Å². The van der Waals surface area contributed by atoms with Crippen LogP contribution in [0.4, 0.5) is 31.5 Å². The van der Waals surface area contributed by atoms with E-state index in [9.17, 15) is 26.3 Å². The first kappa shape index (κ1) is 30.6. The summed E-state index contributed by atoms with van der Waals surface area (Å²) in [5, 5.41) is 0.670. The normalized spacial score (nSPS) is 11.6. The zero-order chi connectivity index (χ0) is 31.5. The number of alkyl halides is 6. The zero-order valence-corrected chi connectivity index (χ0v) is 23.5. The number of ether oxygens (including phenoxy) is 1. The highest BCUT2D eigenvalue weighted by molar-refractivity contribution is 7.22. The molecule has 0 bridgehead atoms. The molecule has 0 aliphatic carbocycles. The molecule has 6 aromatic rings. The molecule has 3 aromatic heterocycles. The van der Waals surface area contributed by atoms with E-state index in [1.807, 2.05) is 12.1 Å². The van der Waals surface area contributed by atoms with Crippen LogP contribution in [0.1, 0.15) is 11.1 Å². The SMILES string of the molecule is FC(F)(F)c1ccc(-c2cc(Cl)ncn2)cc1.Nc1nc2c(Oc3cc(-c4ccc(C(F)(F)F)cc4)ncn3)cccc2s1. The molecule has 6 rings (SSSR count). The van der Waals surface area contributed by atoms with E-state index in [1.165, 1.54) is 54.3 Å². The summed E-state index contributed by atoms with van der Waals surface area (Å²) in [4.78, 5) is 20.0. The van der Waals surface area contributed by atoms with Gasteiger partial charge in [0.05, 0.1) is 27.2 Å². The average molecular weight is 647 g/mol. The van der Waals surface area contributed by atoms with Gasteiger partial charge in [-0.3, -0.25) is 0 Å². The Balaban J connectivity index is 0.000000195. The van der Waals surface area contributed by atoms with Crippen LogP contribution in [0.5, 0.6) is 11.6 Å². The van der Waals surface area contributed by atoms with E-state index in [-0.39, 0.29) is 11.0 Å². The van der Waals surface area contributed by atoms with Gasteiger partial charge in [-0.2, -0.15) is 26.3 Å². The molecule has 0 aliphatic heterocycles. The second-order valence-electron chi connectivity index (χ2n) is 8.87. The van der Waals surface area contributed by atoms with Gasteiger partial charge in [0.25, 0.3) is 0 Å². The molecule has 0 aliphatic rings. The summed E-state index contributed by atoms with van der Waals surface area (Å²) in [5.74, 6) is 0.733. The predicted octanol–water partition coefficient (Wildman–Crippen LogP) is 8.96. The minimum absolute atomic E-state index is 0.245. The van der Waals surface area contributed by atoms with Crippen molar-refractivity contribution in [2.45, 2.75) is 12.4 Å². The highest BCUT2D eigenvalue weighted by Crippen LogP contribution is 2.35. The number of fused-ring (bicyclic) bond motifs is 1. The largest absolute Gasteiger partial charge is 0.437 e. The van der Waals surface area contributed by atoms with E-state index in [0.29, 0.717) is 38.9 Å². The molecule has 2 N–H and O–H groups in total. The molecule has 3 heterocycles. The maximum Gasteiger partial charge on any atom is 0.416 e. The molecule has 0 radical (unpaired) electrons. The quantitative estimate of drug-likeness (QED) is 0.151. The summed E-state index contributed by atoms with van der Waals surface area (Å²) in [7, 11) is 0. The smallest absolute Gasteiger partial charge is 0.416 e. The molecule has 15 heteroatoms. The van der Waals surface area contributed by atoms with Crippen molar-refractivity contribution in [3.8, 4) is 34.1 Å². The molecule has 0 saturated heterocycles. The van der Waals surface area contributed by atoms with E-state index in [2.05, 4.69) is 24.9 Å². The Hall–Kier alpha value is -4.82. The third-order valence-electron chi connectivity index (χ3n) is 5.90. The lowest BCUT2D eigenvalue weighted by atomic mass is 10.1. The van der Waals surface area contributed by atoms with E-state index in [4.69, 9.17) is 22.1 Å². The lowest BCUT2D eigenvalue weighted by molar-refractivity contribution is -0.138. The standard InChI is InChI=1S/C18H11F3N4OS.C11H6ClF3N2/c19-18(20,21)11-6-4-10(5-7-11)12-8-15(24-9-23-12)26-13-2-1-3-14-16(13)25-17(22)27-14;12-10-5-9(16-6-17-10)7-1-3-8(4-2-7)11(13,14)15/h1-9H,(H2,22,25);1-6H. The van der Waals surface area contributed by atoms with Crippen molar-refractivity contribution in [3.05, 3.63) is 108 Å². The van der Waals surface area contributed by atoms with Gasteiger partial charge >= 0.3 is 12.4 Å². The summed E-state index contributed by atoms with van der Waals surface area (Å²) in [5.41, 5.74) is 6.96. The number of hydrogen-bond donors (Lipinski definition) is 1. The maximum absolute atomic E-state index is 12.7. The summed E-state index contributed by atoms with van der Waals surface area (Å²) in [6.07, 6.45) is -6.17. The van der Waals surface area contributed by atoms with E-state index < -0.39 is 23.5 Å². The van der Waals surface area contributed by atoms with Gasteiger partial charge in [0.2, 0.25) is 5.88 Å². The van der Waals surface area contributed by atoms with Crippen molar-refractivity contribution in [1.82, 2.24) is 24.9 Å². The fraction of sp³-hybridized carbons (Fsp3) is 0.0690. The monoisotopic (exact) mass is 646 g/mol. The zero-order valence-electron chi connectivity index (χ0n) is 21.9. The Bertz CT molecular complexity index is 1900. The van der Waals surface area contributed by atoms with Gasteiger partial charge in [-0.25, -0.2) is 24.9 Å². The van der Waals surface area contributed by atoms with Gasteiger partial charge in [-0.05, 0) is 36.4 Å². The third kappa shape index (κ3) is 7.38. The van der Waals surface area contributed by atoms with Gasteiger partial charge in [-0.15, -0.1) is 0 Å².